The lowest BCUT2D eigenvalue weighted by Gasteiger charge is -2.11. The first-order chi connectivity index (χ1) is 8.57. The molecule has 2 rings (SSSR count). The zero-order valence-electron chi connectivity index (χ0n) is 9.96. The predicted octanol–water partition coefficient (Wildman–Crippen LogP) is 1.34. The Morgan fingerprint density at radius 2 is 2.11 bits per heavy atom. The molecule has 1 atom stereocenters. The molecule has 0 bridgehead atoms. The highest BCUT2D eigenvalue weighted by molar-refractivity contribution is 5.82. The number of carbonyl (C=O) groups is 1. The standard InChI is InChI=1S/C13H16F2N2O/c14-13(15)8-11(17-9-13)12(18)16-7-6-10-4-2-1-3-5-10/h1-5,11,17H,6-9H2,(H,16,18). The van der Waals surface area contributed by atoms with Crippen molar-refractivity contribution >= 4 is 5.91 Å². The fourth-order valence-electron chi connectivity index (χ4n) is 2.00. The molecule has 0 radical (unpaired) electrons. The summed E-state index contributed by atoms with van der Waals surface area (Å²) in [7, 11) is 0. The van der Waals surface area contributed by atoms with Gasteiger partial charge >= 0.3 is 0 Å². The Morgan fingerprint density at radius 3 is 2.72 bits per heavy atom. The van der Waals surface area contributed by atoms with Gasteiger partial charge in [-0.3, -0.25) is 10.1 Å². The molecular formula is C13H16F2N2O. The molecule has 1 unspecified atom stereocenters. The Hall–Kier alpha value is -1.49. The lowest BCUT2D eigenvalue weighted by molar-refractivity contribution is -0.123. The predicted molar refractivity (Wildman–Crippen MR) is 64.5 cm³/mol. The summed E-state index contributed by atoms with van der Waals surface area (Å²) < 4.78 is 25.8. The summed E-state index contributed by atoms with van der Waals surface area (Å²) in [5.41, 5.74) is 1.11. The third kappa shape index (κ3) is 3.50. The van der Waals surface area contributed by atoms with Gasteiger partial charge in [0.25, 0.3) is 5.92 Å². The van der Waals surface area contributed by atoms with E-state index in [0.29, 0.717) is 13.0 Å². The van der Waals surface area contributed by atoms with Gasteiger partial charge in [-0.05, 0) is 12.0 Å². The second-order valence-electron chi connectivity index (χ2n) is 4.52. The first kappa shape index (κ1) is 13.0. The van der Waals surface area contributed by atoms with E-state index >= 15 is 0 Å². The first-order valence-electron chi connectivity index (χ1n) is 6.00. The summed E-state index contributed by atoms with van der Waals surface area (Å²) in [5.74, 6) is -3.11. The normalized spacial score (nSPS) is 21.8. The number of hydrogen-bond donors (Lipinski definition) is 2. The minimum atomic E-state index is -2.76. The van der Waals surface area contributed by atoms with Crippen LogP contribution in [0.1, 0.15) is 12.0 Å². The van der Waals surface area contributed by atoms with E-state index in [2.05, 4.69) is 10.6 Å². The molecule has 1 amide bonds. The number of amides is 1. The molecule has 0 aliphatic carbocycles. The molecule has 1 fully saturated rings. The Labute approximate surface area is 105 Å². The van der Waals surface area contributed by atoms with E-state index < -0.39 is 24.9 Å². The van der Waals surface area contributed by atoms with E-state index in [0.717, 1.165) is 5.56 Å². The lowest BCUT2D eigenvalue weighted by Crippen LogP contribution is -2.41. The highest BCUT2D eigenvalue weighted by Crippen LogP contribution is 2.24. The zero-order chi connectivity index (χ0) is 13.0. The van der Waals surface area contributed by atoms with Crippen molar-refractivity contribution in [2.45, 2.75) is 24.8 Å². The van der Waals surface area contributed by atoms with Gasteiger partial charge in [0.1, 0.15) is 0 Å². The molecule has 1 heterocycles. The molecule has 1 saturated heterocycles. The number of rotatable bonds is 4. The van der Waals surface area contributed by atoms with Crippen LogP contribution in [0.2, 0.25) is 0 Å². The highest BCUT2D eigenvalue weighted by Gasteiger charge is 2.42. The summed E-state index contributed by atoms with van der Waals surface area (Å²) in [4.78, 5) is 11.6. The summed E-state index contributed by atoms with van der Waals surface area (Å²) in [6, 6.07) is 8.94. The molecule has 0 saturated carbocycles. The number of benzene rings is 1. The maximum Gasteiger partial charge on any atom is 0.262 e. The lowest BCUT2D eigenvalue weighted by atomic mass is 10.1. The Balaban J connectivity index is 1.73. The SMILES string of the molecule is O=C(NCCc1ccccc1)C1CC(F)(F)CN1. The third-order valence-electron chi connectivity index (χ3n) is 2.98. The van der Waals surface area contributed by atoms with Crippen molar-refractivity contribution < 1.29 is 13.6 Å². The third-order valence-corrected chi connectivity index (χ3v) is 2.98. The van der Waals surface area contributed by atoms with E-state index in [1.54, 1.807) is 0 Å². The highest BCUT2D eigenvalue weighted by atomic mass is 19.3. The Bertz CT molecular complexity index is 409. The summed E-state index contributed by atoms with van der Waals surface area (Å²) in [5, 5.41) is 5.21. The van der Waals surface area contributed by atoms with Gasteiger partial charge in [-0.25, -0.2) is 8.78 Å². The molecule has 5 heteroatoms. The monoisotopic (exact) mass is 254 g/mol. The minimum Gasteiger partial charge on any atom is -0.354 e. The van der Waals surface area contributed by atoms with Gasteiger partial charge < -0.3 is 5.32 Å². The van der Waals surface area contributed by atoms with Crippen LogP contribution in [0.5, 0.6) is 0 Å². The molecule has 2 N–H and O–H groups in total. The van der Waals surface area contributed by atoms with Crippen LogP contribution in [-0.4, -0.2) is 31.0 Å². The smallest absolute Gasteiger partial charge is 0.262 e. The van der Waals surface area contributed by atoms with Crippen LogP contribution in [0.15, 0.2) is 30.3 Å². The molecule has 18 heavy (non-hydrogen) atoms. The maximum absolute atomic E-state index is 12.9. The molecule has 1 aliphatic rings. The molecule has 0 aromatic heterocycles. The van der Waals surface area contributed by atoms with Crippen LogP contribution in [0.3, 0.4) is 0 Å². The zero-order valence-corrected chi connectivity index (χ0v) is 9.96. The summed E-state index contributed by atoms with van der Waals surface area (Å²) in [6.07, 6.45) is 0.292. The van der Waals surface area contributed by atoms with Gasteiger partial charge in [0, 0.05) is 13.0 Å². The van der Waals surface area contributed by atoms with Crippen LogP contribution in [0, 0.1) is 0 Å². The fraction of sp³-hybridized carbons (Fsp3) is 0.462. The average Bonchev–Trinajstić information content (AvgIpc) is 2.71. The van der Waals surface area contributed by atoms with Crippen LogP contribution >= 0.6 is 0 Å². The maximum atomic E-state index is 12.9. The van der Waals surface area contributed by atoms with E-state index in [1.807, 2.05) is 30.3 Å². The van der Waals surface area contributed by atoms with Crippen molar-refractivity contribution in [3.05, 3.63) is 35.9 Å². The molecule has 1 aromatic rings. The van der Waals surface area contributed by atoms with Crippen molar-refractivity contribution in [1.82, 2.24) is 10.6 Å². The van der Waals surface area contributed by atoms with Crippen molar-refractivity contribution in [3.63, 3.8) is 0 Å². The minimum absolute atomic E-state index is 0.344. The van der Waals surface area contributed by atoms with E-state index in [-0.39, 0.29) is 5.91 Å². The topological polar surface area (TPSA) is 41.1 Å². The van der Waals surface area contributed by atoms with Crippen molar-refractivity contribution in [1.29, 1.82) is 0 Å². The van der Waals surface area contributed by atoms with E-state index in [4.69, 9.17) is 0 Å². The Morgan fingerprint density at radius 1 is 1.39 bits per heavy atom. The van der Waals surface area contributed by atoms with E-state index in [9.17, 15) is 13.6 Å². The molecule has 1 aromatic carbocycles. The second-order valence-corrected chi connectivity index (χ2v) is 4.52. The van der Waals surface area contributed by atoms with Gasteiger partial charge in [0.05, 0.1) is 12.6 Å². The van der Waals surface area contributed by atoms with Crippen molar-refractivity contribution in [3.8, 4) is 0 Å². The van der Waals surface area contributed by atoms with Crippen LogP contribution in [0.25, 0.3) is 0 Å². The van der Waals surface area contributed by atoms with Crippen LogP contribution < -0.4 is 10.6 Å². The van der Waals surface area contributed by atoms with Gasteiger partial charge in [-0.15, -0.1) is 0 Å². The molecule has 1 aliphatic heterocycles. The second kappa shape index (κ2) is 5.44. The largest absolute Gasteiger partial charge is 0.354 e. The Kier molecular flexibility index (Phi) is 3.91. The molecule has 3 nitrogen and oxygen atoms in total. The number of carbonyl (C=O) groups excluding carboxylic acids is 1. The number of hydrogen-bond acceptors (Lipinski definition) is 2. The quantitative estimate of drug-likeness (QED) is 0.851. The van der Waals surface area contributed by atoms with Gasteiger partial charge in [-0.2, -0.15) is 0 Å². The fourth-order valence-corrected chi connectivity index (χ4v) is 2.00. The number of alkyl halides is 2. The van der Waals surface area contributed by atoms with Crippen molar-refractivity contribution in [2.24, 2.45) is 0 Å². The first-order valence-corrected chi connectivity index (χ1v) is 6.00. The molecular weight excluding hydrogens is 238 g/mol. The van der Waals surface area contributed by atoms with Gasteiger partial charge in [-0.1, -0.05) is 30.3 Å². The summed E-state index contributed by atoms with van der Waals surface area (Å²) in [6.45, 7) is 0.0520. The van der Waals surface area contributed by atoms with Crippen molar-refractivity contribution in [2.75, 3.05) is 13.1 Å². The average molecular weight is 254 g/mol. The molecule has 0 spiro atoms. The van der Waals surface area contributed by atoms with Crippen LogP contribution in [0.4, 0.5) is 8.78 Å². The van der Waals surface area contributed by atoms with Gasteiger partial charge in [0.2, 0.25) is 5.91 Å². The summed E-state index contributed by atoms with van der Waals surface area (Å²) >= 11 is 0. The molecule has 98 valence electrons. The number of nitrogens with one attached hydrogen (secondary N) is 2. The number of halogens is 2. The van der Waals surface area contributed by atoms with E-state index in [1.165, 1.54) is 0 Å². The van der Waals surface area contributed by atoms with Gasteiger partial charge in [0.15, 0.2) is 0 Å². The van der Waals surface area contributed by atoms with Crippen LogP contribution in [-0.2, 0) is 11.2 Å².